The summed E-state index contributed by atoms with van der Waals surface area (Å²) in [6.45, 7) is -0.335. The molecule has 9 heteroatoms. The summed E-state index contributed by atoms with van der Waals surface area (Å²) in [6, 6.07) is 1.51. The minimum Gasteiger partial charge on any atom is -0.440 e. The van der Waals surface area contributed by atoms with Gasteiger partial charge in [0.05, 0.1) is 0 Å². The molecule has 2 rings (SSSR count). The summed E-state index contributed by atoms with van der Waals surface area (Å²) in [5, 5.41) is 2.43. The normalized spacial score (nSPS) is 16.6. The van der Waals surface area contributed by atoms with Gasteiger partial charge in [-0.3, -0.25) is 0 Å². The average molecular weight is 304 g/mol. The molecular weight excluding hydrogens is 289 g/mol. The molecular formula is C12H15F3N4O2. The molecule has 1 saturated heterocycles. The van der Waals surface area contributed by atoms with Crippen LogP contribution in [0.25, 0.3) is 0 Å². The maximum atomic E-state index is 11.9. The van der Waals surface area contributed by atoms with Gasteiger partial charge in [0.1, 0.15) is 0 Å². The molecule has 0 aliphatic carbocycles. The molecule has 0 unspecified atom stereocenters. The highest BCUT2D eigenvalue weighted by Gasteiger charge is 2.30. The molecule has 1 fully saturated rings. The van der Waals surface area contributed by atoms with Crippen molar-refractivity contribution in [1.29, 1.82) is 0 Å². The number of nitrogens with one attached hydrogen (secondary N) is 1. The third kappa shape index (κ3) is 5.09. The van der Waals surface area contributed by atoms with E-state index in [9.17, 15) is 18.0 Å². The summed E-state index contributed by atoms with van der Waals surface area (Å²) in [4.78, 5) is 21.4. The van der Waals surface area contributed by atoms with Gasteiger partial charge in [-0.25, -0.2) is 14.8 Å². The van der Waals surface area contributed by atoms with Crippen LogP contribution in [0.5, 0.6) is 0 Å². The molecule has 1 aliphatic heterocycles. The van der Waals surface area contributed by atoms with E-state index in [1.807, 2.05) is 4.90 Å². The van der Waals surface area contributed by atoms with Gasteiger partial charge in [0.25, 0.3) is 0 Å². The first-order chi connectivity index (χ1) is 9.94. The highest BCUT2D eigenvalue weighted by molar-refractivity contribution is 5.67. The zero-order chi connectivity index (χ0) is 15.3. The van der Waals surface area contributed by atoms with Crippen molar-refractivity contribution in [1.82, 2.24) is 15.3 Å². The number of amides is 1. The Labute approximate surface area is 119 Å². The molecule has 1 aromatic heterocycles. The lowest BCUT2D eigenvalue weighted by molar-refractivity contribution is -0.160. The number of carbonyl (C=O) groups is 1. The van der Waals surface area contributed by atoms with Gasteiger partial charge in [-0.2, -0.15) is 13.2 Å². The van der Waals surface area contributed by atoms with Crippen molar-refractivity contribution in [3.63, 3.8) is 0 Å². The molecule has 0 radical (unpaired) electrons. The molecule has 1 N–H and O–H groups in total. The molecule has 0 saturated carbocycles. The number of aromatic nitrogens is 2. The fourth-order valence-electron chi connectivity index (χ4n) is 2.03. The Morgan fingerprint density at radius 2 is 1.95 bits per heavy atom. The number of alkyl halides is 3. The van der Waals surface area contributed by atoms with Crippen LogP contribution < -0.4 is 10.2 Å². The van der Waals surface area contributed by atoms with Crippen LogP contribution in [0.2, 0.25) is 0 Å². The first-order valence-corrected chi connectivity index (χ1v) is 6.46. The Morgan fingerprint density at radius 3 is 2.52 bits per heavy atom. The molecule has 0 bridgehead atoms. The predicted molar refractivity (Wildman–Crippen MR) is 67.8 cm³/mol. The fraction of sp³-hybridized carbons (Fsp3) is 0.583. The SMILES string of the molecule is O=C(NC1CCN(c2ncccn2)CC1)OCC(F)(F)F. The van der Waals surface area contributed by atoms with E-state index >= 15 is 0 Å². The Hall–Kier alpha value is -2.06. The summed E-state index contributed by atoms with van der Waals surface area (Å²) in [7, 11) is 0. The van der Waals surface area contributed by atoms with Crippen LogP contribution in [0.3, 0.4) is 0 Å². The molecule has 0 atom stereocenters. The maximum absolute atomic E-state index is 11.9. The van der Waals surface area contributed by atoms with Crippen LogP contribution in [0.1, 0.15) is 12.8 Å². The van der Waals surface area contributed by atoms with Gasteiger partial charge >= 0.3 is 12.3 Å². The highest BCUT2D eigenvalue weighted by atomic mass is 19.4. The smallest absolute Gasteiger partial charge is 0.422 e. The summed E-state index contributed by atoms with van der Waals surface area (Å²) >= 11 is 0. The quantitative estimate of drug-likeness (QED) is 0.921. The van der Waals surface area contributed by atoms with Crippen molar-refractivity contribution in [2.45, 2.75) is 25.1 Å². The van der Waals surface area contributed by atoms with Crippen LogP contribution in [-0.4, -0.2) is 48.0 Å². The average Bonchev–Trinajstić information content (AvgIpc) is 2.46. The largest absolute Gasteiger partial charge is 0.440 e. The zero-order valence-corrected chi connectivity index (χ0v) is 11.1. The fourth-order valence-corrected chi connectivity index (χ4v) is 2.03. The number of piperidine rings is 1. The minimum atomic E-state index is -4.51. The van der Waals surface area contributed by atoms with E-state index in [-0.39, 0.29) is 6.04 Å². The molecule has 6 nitrogen and oxygen atoms in total. The molecule has 116 valence electrons. The number of anilines is 1. The lowest BCUT2D eigenvalue weighted by atomic mass is 10.1. The second kappa shape index (κ2) is 6.59. The number of hydrogen-bond acceptors (Lipinski definition) is 5. The van der Waals surface area contributed by atoms with Gasteiger partial charge in [0, 0.05) is 31.5 Å². The van der Waals surface area contributed by atoms with Crippen LogP contribution in [0.15, 0.2) is 18.5 Å². The topological polar surface area (TPSA) is 67.4 Å². The number of nitrogens with zero attached hydrogens (tertiary/aromatic N) is 3. The molecule has 1 amide bonds. The number of carbonyl (C=O) groups excluding carboxylic acids is 1. The number of hydrogen-bond donors (Lipinski definition) is 1. The van der Waals surface area contributed by atoms with Gasteiger partial charge < -0.3 is 15.0 Å². The summed E-state index contributed by atoms with van der Waals surface area (Å²) in [5.41, 5.74) is 0. The van der Waals surface area contributed by atoms with Crippen LogP contribution in [0, 0.1) is 0 Å². The number of ether oxygens (including phenoxy) is 1. The first kappa shape index (κ1) is 15.3. The molecule has 2 heterocycles. The first-order valence-electron chi connectivity index (χ1n) is 6.46. The van der Waals surface area contributed by atoms with Crippen molar-refractivity contribution < 1.29 is 22.7 Å². The lowest BCUT2D eigenvalue weighted by Crippen LogP contribution is -2.45. The van der Waals surface area contributed by atoms with Crippen LogP contribution in [-0.2, 0) is 4.74 Å². The number of alkyl carbamates (subject to hydrolysis) is 1. The van der Waals surface area contributed by atoms with E-state index in [1.54, 1.807) is 18.5 Å². The van der Waals surface area contributed by atoms with Crippen LogP contribution in [0.4, 0.5) is 23.9 Å². The van der Waals surface area contributed by atoms with Gasteiger partial charge in [-0.1, -0.05) is 0 Å². The van der Waals surface area contributed by atoms with Crippen molar-refractivity contribution >= 4 is 12.0 Å². The van der Waals surface area contributed by atoms with Gasteiger partial charge in [0.15, 0.2) is 6.61 Å². The predicted octanol–water partition coefficient (Wildman–Crippen LogP) is 1.73. The van der Waals surface area contributed by atoms with E-state index < -0.39 is 18.9 Å². The summed E-state index contributed by atoms with van der Waals surface area (Å²) in [5.74, 6) is 0.607. The van der Waals surface area contributed by atoms with Gasteiger partial charge in [-0.15, -0.1) is 0 Å². The monoisotopic (exact) mass is 304 g/mol. The zero-order valence-electron chi connectivity index (χ0n) is 11.1. The highest BCUT2D eigenvalue weighted by Crippen LogP contribution is 2.16. The minimum absolute atomic E-state index is 0.203. The van der Waals surface area contributed by atoms with Crippen molar-refractivity contribution in [2.24, 2.45) is 0 Å². The second-order valence-corrected chi connectivity index (χ2v) is 4.65. The number of rotatable bonds is 3. The van der Waals surface area contributed by atoms with E-state index in [0.29, 0.717) is 31.9 Å². The van der Waals surface area contributed by atoms with Crippen LogP contribution >= 0.6 is 0 Å². The van der Waals surface area contributed by atoms with E-state index in [4.69, 9.17) is 0 Å². The van der Waals surface area contributed by atoms with E-state index in [0.717, 1.165) is 0 Å². The molecule has 1 aliphatic rings. The second-order valence-electron chi connectivity index (χ2n) is 4.65. The Morgan fingerprint density at radius 1 is 1.33 bits per heavy atom. The van der Waals surface area contributed by atoms with E-state index in [1.165, 1.54) is 0 Å². The third-order valence-corrected chi connectivity index (χ3v) is 3.02. The van der Waals surface area contributed by atoms with E-state index in [2.05, 4.69) is 20.0 Å². The Bertz CT molecular complexity index is 461. The number of halogens is 3. The lowest BCUT2D eigenvalue weighted by Gasteiger charge is -2.32. The van der Waals surface area contributed by atoms with Crippen molar-refractivity contribution in [3.05, 3.63) is 18.5 Å². The summed E-state index contributed by atoms with van der Waals surface area (Å²) < 4.78 is 39.8. The molecule has 1 aromatic rings. The Balaban J connectivity index is 1.73. The molecule has 0 spiro atoms. The maximum Gasteiger partial charge on any atom is 0.422 e. The third-order valence-electron chi connectivity index (χ3n) is 3.02. The summed E-state index contributed by atoms with van der Waals surface area (Å²) in [6.07, 6.45) is -1.08. The van der Waals surface area contributed by atoms with Crippen molar-refractivity contribution in [2.75, 3.05) is 24.6 Å². The Kier molecular flexibility index (Phi) is 4.81. The molecule has 0 aromatic carbocycles. The van der Waals surface area contributed by atoms with Gasteiger partial charge in [-0.05, 0) is 18.9 Å². The molecule has 21 heavy (non-hydrogen) atoms. The standard InChI is InChI=1S/C12H15F3N4O2/c13-12(14,15)8-21-11(20)18-9-2-6-19(7-3-9)10-16-4-1-5-17-10/h1,4-5,9H,2-3,6-8H2,(H,18,20). The van der Waals surface area contributed by atoms with Crippen molar-refractivity contribution in [3.8, 4) is 0 Å². The van der Waals surface area contributed by atoms with Gasteiger partial charge in [0.2, 0.25) is 5.95 Å².